The molecule has 0 aromatic carbocycles. The first kappa shape index (κ1) is 14.8. The van der Waals surface area contributed by atoms with Crippen LogP contribution in [0.25, 0.3) is 0 Å². The number of thioether (sulfide) groups is 1. The topological polar surface area (TPSA) is 40.5 Å². The molecule has 0 saturated carbocycles. The van der Waals surface area contributed by atoms with E-state index in [1.165, 1.54) is 0 Å². The minimum atomic E-state index is 0.180. The van der Waals surface area contributed by atoms with Crippen LogP contribution in [0.2, 0.25) is 0 Å². The summed E-state index contributed by atoms with van der Waals surface area (Å²) in [6.45, 7) is 2.29. The van der Waals surface area contributed by atoms with E-state index in [1.54, 1.807) is 11.8 Å². The summed E-state index contributed by atoms with van der Waals surface area (Å²) in [6, 6.07) is 0.349. The summed E-state index contributed by atoms with van der Waals surface area (Å²) in [5, 5.41) is 8.63. The van der Waals surface area contributed by atoms with E-state index in [9.17, 15) is 4.79 Å². The van der Waals surface area contributed by atoms with Crippen LogP contribution in [0, 0.1) is 0 Å². The number of hydrogen-bond acceptors (Lipinski definition) is 3. The Morgan fingerprint density at radius 2 is 2.13 bits per heavy atom. The molecule has 1 atom stereocenters. The Balaban J connectivity index is 3.92. The predicted octanol–water partition coefficient (Wildman–Crippen LogP) is 1.75. The van der Waals surface area contributed by atoms with Gasteiger partial charge in [-0.05, 0) is 25.5 Å². The van der Waals surface area contributed by atoms with Gasteiger partial charge in [-0.15, -0.1) is 0 Å². The van der Waals surface area contributed by atoms with Crippen molar-refractivity contribution in [2.45, 2.75) is 38.6 Å². The van der Waals surface area contributed by atoms with E-state index >= 15 is 0 Å². The summed E-state index contributed by atoms with van der Waals surface area (Å²) >= 11 is 1.77. The van der Waals surface area contributed by atoms with Gasteiger partial charge >= 0.3 is 0 Å². The van der Waals surface area contributed by atoms with E-state index in [0.29, 0.717) is 12.5 Å². The third kappa shape index (κ3) is 6.05. The normalized spacial score (nSPS) is 12.5. The van der Waals surface area contributed by atoms with E-state index in [4.69, 9.17) is 5.11 Å². The van der Waals surface area contributed by atoms with Gasteiger partial charge in [-0.1, -0.05) is 6.92 Å². The highest BCUT2D eigenvalue weighted by Gasteiger charge is 2.16. The second-order valence-corrected chi connectivity index (χ2v) is 4.61. The van der Waals surface area contributed by atoms with Crippen molar-refractivity contribution in [2.24, 2.45) is 0 Å². The zero-order valence-electron chi connectivity index (χ0n) is 10.0. The number of hydrogen-bond donors (Lipinski definition) is 1. The van der Waals surface area contributed by atoms with Crippen LogP contribution in [0.3, 0.4) is 0 Å². The van der Waals surface area contributed by atoms with Crippen molar-refractivity contribution in [1.82, 2.24) is 4.90 Å². The number of aliphatic hydroxyl groups is 1. The predicted molar refractivity (Wildman–Crippen MR) is 66.2 cm³/mol. The van der Waals surface area contributed by atoms with Crippen molar-refractivity contribution in [3.05, 3.63) is 0 Å². The Labute approximate surface area is 97.2 Å². The molecule has 0 radical (unpaired) electrons. The number of unbranched alkanes of at least 4 members (excludes halogenated alkanes) is 1. The van der Waals surface area contributed by atoms with E-state index in [0.717, 1.165) is 25.0 Å². The summed E-state index contributed by atoms with van der Waals surface area (Å²) in [7, 11) is 1.88. The summed E-state index contributed by atoms with van der Waals surface area (Å²) in [6.07, 6.45) is 5.13. The first-order chi connectivity index (χ1) is 7.17. The quantitative estimate of drug-likeness (QED) is 0.649. The Kier molecular flexibility index (Phi) is 8.91. The van der Waals surface area contributed by atoms with E-state index in [1.807, 2.05) is 11.9 Å². The molecule has 0 bridgehead atoms. The smallest absolute Gasteiger partial charge is 0.222 e. The van der Waals surface area contributed by atoms with Crippen molar-refractivity contribution < 1.29 is 9.90 Å². The van der Waals surface area contributed by atoms with Gasteiger partial charge < -0.3 is 10.0 Å². The van der Waals surface area contributed by atoms with Crippen molar-refractivity contribution in [3.8, 4) is 0 Å². The molecule has 0 aromatic heterocycles. The molecule has 1 N–H and O–H groups in total. The van der Waals surface area contributed by atoms with Crippen LogP contribution < -0.4 is 0 Å². The van der Waals surface area contributed by atoms with Gasteiger partial charge in [-0.3, -0.25) is 4.79 Å². The number of amides is 1. The molecular formula is C11H23NO2S. The SMILES string of the molecule is CCC(CSC)N(C)C(=O)CCCCO. The van der Waals surface area contributed by atoms with Crippen molar-refractivity contribution in [1.29, 1.82) is 0 Å². The van der Waals surface area contributed by atoms with Gasteiger partial charge in [-0.25, -0.2) is 0 Å². The number of carbonyl (C=O) groups excluding carboxylic acids is 1. The maximum absolute atomic E-state index is 11.7. The van der Waals surface area contributed by atoms with Crippen LogP contribution >= 0.6 is 11.8 Å². The van der Waals surface area contributed by atoms with Crippen LogP contribution in [-0.4, -0.2) is 47.6 Å². The third-order valence-corrected chi connectivity index (χ3v) is 3.29. The zero-order valence-corrected chi connectivity index (χ0v) is 10.8. The van der Waals surface area contributed by atoms with E-state index < -0.39 is 0 Å². The maximum Gasteiger partial charge on any atom is 0.222 e. The molecule has 1 unspecified atom stereocenters. The molecule has 1 amide bonds. The number of rotatable bonds is 8. The largest absolute Gasteiger partial charge is 0.396 e. The number of aliphatic hydroxyl groups excluding tert-OH is 1. The molecular weight excluding hydrogens is 210 g/mol. The molecule has 4 heteroatoms. The minimum Gasteiger partial charge on any atom is -0.396 e. The molecule has 15 heavy (non-hydrogen) atoms. The third-order valence-electron chi connectivity index (χ3n) is 2.57. The highest BCUT2D eigenvalue weighted by Crippen LogP contribution is 2.10. The molecule has 0 rings (SSSR count). The first-order valence-corrected chi connectivity index (χ1v) is 6.92. The van der Waals surface area contributed by atoms with Gasteiger partial charge in [0.15, 0.2) is 0 Å². The lowest BCUT2D eigenvalue weighted by molar-refractivity contribution is -0.131. The van der Waals surface area contributed by atoms with Crippen LogP contribution in [0.1, 0.15) is 32.6 Å². The van der Waals surface area contributed by atoms with E-state index in [2.05, 4.69) is 13.2 Å². The number of nitrogens with zero attached hydrogens (tertiary/aromatic N) is 1. The molecule has 0 aliphatic rings. The first-order valence-electron chi connectivity index (χ1n) is 5.52. The second kappa shape index (κ2) is 9.04. The molecule has 0 heterocycles. The monoisotopic (exact) mass is 233 g/mol. The molecule has 0 aliphatic heterocycles. The average molecular weight is 233 g/mol. The summed E-state index contributed by atoms with van der Waals surface area (Å²) in [5.41, 5.74) is 0. The molecule has 0 saturated heterocycles. The highest BCUT2D eigenvalue weighted by atomic mass is 32.2. The van der Waals surface area contributed by atoms with Crippen LogP contribution in [-0.2, 0) is 4.79 Å². The van der Waals surface area contributed by atoms with Gasteiger partial charge in [0, 0.05) is 31.9 Å². The number of carbonyl (C=O) groups is 1. The maximum atomic E-state index is 11.7. The molecule has 0 fully saturated rings. The van der Waals surface area contributed by atoms with Crippen LogP contribution in [0.4, 0.5) is 0 Å². The van der Waals surface area contributed by atoms with Gasteiger partial charge in [0.05, 0.1) is 0 Å². The molecule has 0 aliphatic carbocycles. The fourth-order valence-corrected chi connectivity index (χ4v) is 2.31. The minimum absolute atomic E-state index is 0.180. The lowest BCUT2D eigenvalue weighted by Gasteiger charge is -2.26. The van der Waals surface area contributed by atoms with Crippen molar-refractivity contribution in [3.63, 3.8) is 0 Å². The van der Waals surface area contributed by atoms with Crippen LogP contribution in [0.15, 0.2) is 0 Å². The fraction of sp³-hybridized carbons (Fsp3) is 0.909. The average Bonchev–Trinajstić information content (AvgIpc) is 2.25. The lowest BCUT2D eigenvalue weighted by atomic mass is 10.2. The standard InChI is InChI=1S/C11H23NO2S/c1-4-10(9-15-3)12(2)11(14)7-5-6-8-13/h10,13H,4-9H2,1-3H3. The van der Waals surface area contributed by atoms with Gasteiger partial charge in [0.1, 0.15) is 0 Å². The summed E-state index contributed by atoms with van der Waals surface area (Å²) in [4.78, 5) is 13.6. The Morgan fingerprint density at radius 1 is 1.47 bits per heavy atom. The molecule has 3 nitrogen and oxygen atoms in total. The molecule has 0 aromatic rings. The zero-order chi connectivity index (χ0) is 11.7. The van der Waals surface area contributed by atoms with Crippen molar-refractivity contribution >= 4 is 17.7 Å². The van der Waals surface area contributed by atoms with Crippen LogP contribution in [0.5, 0.6) is 0 Å². The molecule has 90 valence electrons. The second-order valence-electron chi connectivity index (χ2n) is 3.70. The summed E-state index contributed by atoms with van der Waals surface area (Å²) < 4.78 is 0. The lowest BCUT2D eigenvalue weighted by Crippen LogP contribution is -2.38. The molecule has 0 spiro atoms. The van der Waals surface area contributed by atoms with Gasteiger partial charge in [0.2, 0.25) is 5.91 Å². The Hall–Kier alpha value is -0.220. The van der Waals surface area contributed by atoms with Gasteiger partial charge in [-0.2, -0.15) is 11.8 Å². The van der Waals surface area contributed by atoms with Gasteiger partial charge in [0.25, 0.3) is 0 Å². The highest BCUT2D eigenvalue weighted by molar-refractivity contribution is 7.98. The van der Waals surface area contributed by atoms with E-state index in [-0.39, 0.29) is 12.5 Å². The Morgan fingerprint density at radius 3 is 2.60 bits per heavy atom. The Bertz CT molecular complexity index is 176. The van der Waals surface area contributed by atoms with Crippen molar-refractivity contribution in [2.75, 3.05) is 25.7 Å². The fourth-order valence-electron chi connectivity index (χ4n) is 1.46. The summed E-state index contributed by atoms with van der Waals surface area (Å²) in [5.74, 6) is 1.20.